The van der Waals surface area contributed by atoms with Gasteiger partial charge >= 0.3 is 0 Å². The Morgan fingerprint density at radius 1 is 1.10 bits per heavy atom. The third-order valence-electron chi connectivity index (χ3n) is 4.57. The summed E-state index contributed by atoms with van der Waals surface area (Å²) in [4.78, 5) is 22.1. The molecule has 2 heterocycles. The highest BCUT2D eigenvalue weighted by Crippen LogP contribution is 2.27. The van der Waals surface area contributed by atoms with Crippen molar-refractivity contribution in [3.05, 3.63) is 88.7 Å². The number of halogens is 1. The average molecular weight is 438 g/mol. The lowest BCUT2D eigenvalue weighted by molar-refractivity contribution is 0.0858. The summed E-state index contributed by atoms with van der Waals surface area (Å²) >= 11 is 7.97. The minimum absolute atomic E-state index is 0.233. The maximum Gasteiger partial charge on any atom is 0.268 e. The number of nitrogens with one attached hydrogen (secondary N) is 1. The number of hydrogen-bond donors (Lipinski definition) is 2. The first-order valence-corrected chi connectivity index (χ1v) is 10.6. The van der Waals surface area contributed by atoms with E-state index in [0.717, 1.165) is 21.5 Å². The Kier molecular flexibility index (Phi) is 6.23. The van der Waals surface area contributed by atoms with Crippen LogP contribution in [0.4, 0.5) is 5.82 Å². The molecule has 0 saturated heterocycles. The molecular weight excluding hydrogens is 418 g/mol. The van der Waals surface area contributed by atoms with Crippen molar-refractivity contribution < 1.29 is 4.79 Å². The number of rotatable bonds is 7. The number of nitrogens with two attached hydrogens (primary N) is 1. The Labute approximate surface area is 183 Å². The fraction of sp³-hybridized carbons (Fsp3) is 0.136. The summed E-state index contributed by atoms with van der Waals surface area (Å²) < 4.78 is 2.41. The Morgan fingerprint density at radius 3 is 2.80 bits per heavy atom. The van der Waals surface area contributed by atoms with Crippen LogP contribution >= 0.6 is 23.1 Å². The van der Waals surface area contributed by atoms with E-state index in [1.165, 1.54) is 15.4 Å². The molecule has 0 aliphatic rings. The van der Waals surface area contributed by atoms with Crippen LogP contribution in [0.25, 0.3) is 10.1 Å². The average Bonchev–Trinajstić information content (AvgIpc) is 3.19. The second kappa shape index (κ2) is 9.21. The number of aromatic nitrogens is 2. The first kappa shape index (κ1) is 20.3. The zero-order valence-corrected chi connectivity index (χ0v) is 17.7. The maximum absolute atomic E-state index is 12.8. The predicted octanol–water partition coefficient (Wildman–Crippen LogP) is 4.56. The minimum atomic E-state index is -0.233. The van der Waals surface area contributed by atoms with Crippen molar-refractivity contribution in [2.75, 3.05) is 5.32 Å². The summed E-state index contributed by atoms with van der Waals surface area (Å²) in [7, 11) is 0. The van der Waals surface area contributed by atoms with Crippen LogP contribution in [-0.2, 0) is 19.6 Å². The summed E-state index contributed by atoms with van der Waals surface area (Å²) in [5.41, 5.74) is 7.86. The summed E-state index contributed by atoms with van der Waals surface area (Å²) in [6.07, 6.45) is 1.48. The van der Waals surface area contributed by atoms with Crippen molar-refractivity contribution in [2.45, 2.75) is 19.6 Å². The van der Waals surface area contributed by atoms with Gasteiger partial charge in [0.25, 0.3) is 5.91 Å². The number of fused-ring (bicyclic) bond motifs is 1. The van der Waals surface area contributed by atoms with E-state index in [1.807, 2.05) is 30.3 Å². The summed E-state index contributed by atoms with van der Waals surface area (Å²) in [6.45, 7) is 1.22. The molecule has 0 spiro atoms. The quantitative estimate of drug-likeness (QED) is 0.414. The zero-order chi connectivity index (χ0) is 20.9. The van der Waals surface area contributed by atoms with Gasteiger partial charge < -0.3 is 11.1 Å². The van der Waals surface area contributed by atoms with Gasteiger partial charge in [-0.25, -0.2) is 14.4 Å². The van der Waals surface area contributed by atoms with Gasteiger partial charge in [-0.2, -0.15) is 0 Å². The van der Waals surface area contributed by atoms with Crippen molar-refractivity contribution >= 4 is 44.9 Å². The van der Waals surface area contributed by atoms with E-state index >= 15 is 0 Å². The number of carbonyl (C=O) groups is 1. The molecule has 2 aromatic heterocycles. The molecule has 0 radical (unpaired) electrons. The molecule has 6 nitrogen and oxygen atoms in total. The predicted molar refractivity (Wildman–Crippen MR) is 121 cm³/mol. The van der Waals surface area contributed by atoms with Gasteiger partial charge in [0.2, 0.25) is 0 Å². The smallest absolute Gasteiger partial charge is 0.268 e. The molecule has 0 fully saturated rings. The second-order valence-electron chi connectivity index (χ2n) is 6.73. The van der Waals surface area contributed by atoms with E-state index in [9.17, 15) is 4.79 Å². The van der Waals surface area contributed by atoms with Crippen LogP contribution in [0.5, 0.6) is 0 Å². The van der Waals surface area contributed by atoms with E-state index in [2.05, 4.69) is 33.5 Å². The molecule has 30 heavy (non-hydrogen) atoms. The fourth-order valence-electron chi connectivity index (χ4n) is 3.08. The van der Waals surface area contributed by atoms with Crippen LogP contribution in [-0.4, -0.2) is 20.3 Å². The Morgan fingerprint density at radius 2 is 1.97 bits per heavy atom. The van der Waals surface area contributed by atoms with Crippen molar-refractivity contribution in [2.24, 2.45) is 5.73 Å². The lowest BCUT2D eigenvalue weighted by Gasteiger charge is -2.14. The molecule has 1 amide bonds. The molecule has 0 saturated carbocycles. The first-order chi connectivity index (χ1) is 14.6. The summed E-state index contributed by atoms with van der Waals surface area (Å²) in [5.74, 6) is 0.453. The van der Waals surface area contributed by atoms with Crippen molar-refractivity contribution in [1.82, 2.24) is 14.4 Å². The molecule has 0 atom stereocenters. The molecule has 4 aromatic rings. The van der Waals surface area contributed by atoms with E-state index in [0.29, 0.717) is 31.0 Å². The van der Waals surface area contributed by atoms with Crippen LogP contribution in [0.1, 0.15) is 26.5 Å². The van der Waals surface area contributed by atoms with Gasteiger partial charge in [0, 0.05) is 46.1 Å². The summed E-state index contributed by atoms with van der Waals surface area (Å²) in [6, 6.07) is 19.4. The number of thiophene rings is 1. The van der Waals surface area contributed by atoms with Crippen molar-refractivity contribution in [3.63, 3.8) is 0 Å². The largest absolute Gasteiger partial charge is 0.366 e. The number of hydrogen-bond acceptors (Lipinski definition) is 6. The number of benzene rings is 2. The molecule has 4 rings (SSSR count). The standard InChI is InChI=1S/C22H20ClN5OS/c23-28(13-19-9-16-5-1-2-7-20(16)30-19)22(29)17-6-3-4-15(8-17)12-25-21-10-18(11-24)26-14-27-21/h1-10,14H,11-13,24H2,(H,25,26,27). The van der Waals surface area contributed by atoms with Crippen LogP contribution in [0, 0.1) is 0 Å². The van der Waals surface area contributed by atoms with Crippen LogP contribution in [0.3, 0.4) is 0 Å². The molecule has 3 N–H and O–H groups in total. The van der Waals surface area contributed by atoms with Gasteiger partial charge in [-0.05, 0) is 35.2 Å². The highest BCUT2D eigenvalue weighted by molar-refractivity contribution is 7.19. The highest BCUT2D eigenvalue weighted by Gasteiger charge is 2.16. The fourth-order valence-corrected chi connectivity index (χ4v) is 4.43. The lowest BCUT2D eigenvalue weighted by Crippen LogP contribution is -2.20. The molecule has 8 heteroatoms. The Bertz CT molecular complexity index is 1150. The van der Waals surface area contributed by atoms with Gasteiger partial charge in [0.05, 0.1) is 12.2 Å². The third kappa shape index (κ3) is 4.76. The molecule has 2 aromatic carbocycles. The zero-order valence-electron chi connectivity index (χ0n) is 16.1. The second-order valence-corrected chi connectivity index (χ2v) is 8.31. The van der Waals surface area contributed by atoms with Gasteiger partial charge in [0.15, 0.2) is 0 Å². The monoisotopic (exact) mass is 437 g/mol. The molecule has 0 unspecified atom stereocenters. The van der Waals surface area contributed by atoms with Gasteiger partial charge in [-0.1, -0.05) is 30.3 Å². The number of carbonyl (C=O) groups excluding carboxylic acids is 1. The van der Waals surface area contributed by atoms with Crippen molar-refractivity contribution in [1.29, 1.82) is 0 Å². The van der Waals surface area contributed by atoms with E-state index < -0.39 is 0 Å². The van der Waals surface area contributed by atoms with E-state index in [1.54, 1.807) is 23.5 Å². The molecule has 0 aliphatic carbocycles. The van der Waals surface area contributed by atoms with Crippen LogP contribution < -0.4 is 11.1 Å². The number of nitrogens with zero attached hydrogens (tertiary/aromatic N) is 3. The molecule has 0 aliphatic heterocycles. The van der Waals surface area contributed by atoms with Crippen LogP contribution in [0.2, 0.25) is 0 Å². The third-order valence-corrected chi connectivity index (χ3v) is 5.95. The Balaban J connectivity index is 1.42. The van der Waals surface area contributed by atoms with Gasteiger partial charge in [-0.15, -0.1) is 11.3 Å². The van der Waals surface area contributed by atoms with E-state index in [-0.39, 0.29) is 5.91 Å². The molecular formula is C22H20ClN5OS. The molecule has 152 valence electrons. The minimum Gasteiger partial charge on any atom is -0.366 e. The van der Waals surface area contributed by atoms with Gasteiger partial charge in [0.1, 0.15) is 12.1 Å². The number of amides is 1. The van der Waals surface area contributed by atoms with Crippen molar-refractivity contribution in [3.8, 4) is 0 Å². The number of anilines is 1. The maximum atomic E-state index is 12.8. The highest BCUT2D eigenvalue weighted by atomic mass is 35.5. The van der Waals surface area contributed by atoms with E-state index in [4.69, 9.17) is 17.5 Å². The van der Waals surface area contributed by atoms with Crippen LogP contribution in [0.15, 0.2) is 67.0 Å². The SMILES string of the molecule is NCc1cc(NCc2cccc(C(=O)N(Cl)Cc3cc4ccccc4s3)c2)ncn1. The summed E-state index contributed by atoms with van der Waals surface area (Å²) in [5, 5.41) is 4.38. The Hall–Kier alpha value is -3.00. The first-order valence-electron chi connectivity index (χ1n) is 9.41. The van der Waals surface area contributed by atoms with Gasteiger partial charge in [-0.3, -0.25) is 4.79 Å². The molecule has 0 bridgehead atoms. The lowest BCUT2D eigenvalue weighted by atomic mass is 10.1. The normalized spacial score (nSPS) is 10.9. The topological polar surface area (TPSA) is 84.1 Å².